The first-order valence-electron chi connectivity index (χ1n) is 2.61. The Kier molecular flexibility index (Phi) is 2.59. The molecular formula is C5H5BrClN3. The number of rotatable bonds is 1. The highest BCUT2D eigenvalue weighted by Gasteiger charge is 1.99. The summed E-state index contributed by atoms with van der Waals surface area (Å²) >= 11 is 8.75. The molecule has 5 heteroatoms. The highest BCUT2D eigenvalue weighted by atomic mass is 79.9. The molecule has 0 unspecified atom stereocenters. The second-order valence-corrected chi connectivity index (χ2v) is 2.73. The molecule has 0 saturated carbocycles. The van der Waals surface area contributed by atoms with E-state index in [1.165, 1.54) is 0 Å². The zero-order chi connectivity index (χ0) is 7.56. The average molecular weight is 222 g/mol. The molecule has 1 aromatic rings. The first kappa shape index (κ1) is 7.91. The zero-order valence-electron chi connectivity index (χ0n) is 5.01. The Morgan fingerprint density at radius 3 is 2.90 bits per heavy atom. The molecular weight excluding hydrogens is 217 g/mol. The van der Waals surface area contributed by atoms with Gasteiger partial charge in [0.1, 0.15) is 5.15 Å². The van der Waals surface area contributed by atoms with E-state index in [1.54, 1.807) is 6.20 Å². The van der Waals surface area contributed by atoms with Crippen LogP contribution in [0.4, 0.5) is 0 Å². The molecule has 0 atom stereocenters. The summed E-state index contributed by atoms with van der Waals surface area (Å²) in [5, 5.41) is 0.407. The summed E-state index contributed by atoms with van der Waals surface area (Å²) in [6.45, 7) is 0.367. The lowest BCUT2D eigenvalue weighted by Gasteiger charge is -1.97. The number of nitrogens with two attached hydrogens (primary N) is 1. The standard InChI is InChI=1S/C5H5BrClN3/c6-5-9-2-3(1-8)4(7)10-5/h2H,1,8H2. The molecule has 0 saturated heterocycles. The van der Waals surface area contributed by atoms with Crippen molar-refractivity contribution in [3.63, 3.8) is 0 Å². The van der Waals surface area contributed by atoms with Crippen LogP contribution in [0.5, 0.6) is 0 Å². The van der Waals surface area contributed by atoms with E-state index in [9.17, 15) is 0 Å². The van der Waals surface area contributed by atoms with Crippen LogP contribution in [-0.4, -0.2) is 9.97 Å². The summed E-state index contributed by atoms with van der Waals surface area (Å²) < 4.78 is 0.481. The summed E-state index contributed by atoms with van der Waals surface area (Å²) in [6, 6.07) is 0. The minimum absolute atomic E-state index is 0.367. The van der Waals surface area contributed by atoms with Crippen LogP contribution in [-0.2, 0) is 6.54 Å². The van der Waals surface area contributed by atoms with E-state index >= 15 is 0 Å². The Morgan fingerprint density at radius 2 is 2.40 bits per heavy atom. The van der Waals surface area contributed by atoms with Gasteiger partial charge in [0.15, 0.2) is 4.73 Å². The van der Waals surface area contributed by atoms with Crippen LogP contribution in [0.1, 0.15) is 5.56 Å². The molecule has 2 N–H and O–H groups in total. The molecule has 0 amide bonds. The van der Waals surface area contributed by atoms with E-state index in [4.69, 9.17) is 17.3 Å². The van der Waals surface area contributed by atoms with E-state index in [0.717, 1.165) is 5.56 Å². The number of halogens is 2. The molecule has 0 bridgehead atoms. The molecule has 1 heterocycles. The van der Waals surface area contributed by atoms with Gasteiger partial charge in [0.05, 0.1) is 0 Å². The van der Waals surface area contributed by atoms with E-state index < -0.39 is 0 Å². The molecule has 1 aromatic heterocycles. The Labute approximate surface area is 71.7 Å². The van der Waals surface area contributed by atoms with Crippen molar-refractivity contribution >= 4 is 27.5 Å². The van der Waals surface area contributed by atoms with Crippen molar-refractivity contribution in [2.24, 2.45) is 5.73 Å². The van der Waals surface area contributed by atoms with E-state index in [0.29, 0.717) is 16.4 Å². The van der Waals surface area contributed by atoms with Crippen molar-refractivity contribution in [2.45, 2.75) is 6.54 Å². The third-order valence-corrected chi connectivity index (χ3v) is 1.71. The molecule has 0 aliphatic carbocycles. The summed E-state index contributed by atoms with van der Waals surface area (Å²) in [6.07, 6.45) is 1.60. The normalized spacial score (nSPS) is 9.90. The third kappa shape index (κ3) is 1.65. The highest BCUT2D eigenvalue weighted by molar-refractivity contribution is 9.10. The van der Waals surface area contributed by atoms with Gasteiger partial charge in [-0.15, -0.1) is 0 Å². The predicted molar refractivity (Wildman–Crippen MR) is 42.6 cm³/mol. The Bertz CT molecular complexity index is 240. The van der Waals surface area contributed by atoms with E-state index in [2.05, 4.69) is 25.9 Å². The van der Waals surface area contributed by atoms with Gasteiger partial charge in [-0.05, 0) is 15.9 Å². The Hall–Kier alpha value is -0.190. The fourth-order valence-corrected chi connectivity index (χ4v) is 1.09. The van der Waals surface area contributed by atoms with E-state index in [1.807, 2.05) is 0 Å². The van der Waals surface area contributed by atoms with Crippen LogP contribution in [0, 0.1) is 0 Å². The van der Waals surface area contributed by atoms with Crippen LogP contribution in [0.15, 0.2) is 10.9 Å². The minimum Gasteiger partial charge on any atom is -0.326 e. The lowest BCUT2D eigenvalue weighted by Crippen LogP contribution is -1.99. The maximum Gasteiger partial charge on any atom is 0.197 e. The topological polar surface area (TPSA) is 51.8 Å². The quantitative estimate of drug-likeness (QED) is 0.576. The first-order chi connectivity index (χ1) is 4.74. The molecule has 1 rings (SSSR count). The second kappa shape index (κ2) is 3.27. The van der Waals surface area contributed by atoms with Gasteiger partial charge in [-0.25, -0.2) is 9.97 Å². The lowest BCUT2D eigenvalue weighted by atomic mass is 10.3. The van der Waals surface area contributed by atoms with Crippen LogP contribution in [0.3, 0.4) is 0 Å². The van der Waals surface area contributed by atoms with E-state index in [-0.39, 0.29) is 0 Å². The number of hydrogen-bond acceptors (Lipinski definition) is 3. The number of hydrogen-bond donors (Lipinski definition) is 1. The highest BCUT2D eigenvalue weighted by Crippen LogP contribution is 2.12. The van der Waals surface area contributed by atoms with Crippen LogP contribution in [0.2, 0.25) is 5.15 Å². The fraction of sp³-hybridized carbons (Fsp3) is 0.200. The van der Waals surface area contributed by atoms with Crippen molar-refractivity contribution in [1.29, 1.82) is 0 Å². The molecule has 0 fully saturated rings. The lowest BCUT2D eigenvalue weighted by molar-refractivity contribution is 0.990. The Morgan fingerprint density at radius 1 is 1.70 bits per heavy atom. The maximum atomic E-state index is 5.67. The van der Waals surface area contributed by atoms with Gasteiger partial charge >= 0.3 is 0 Å². The van der Waals surface area contributed by atoms with Crippen molar-refractivity contribution in [3.05, 3.63) is 21.6 Å². The van der Waals surface area contributed by atoms with Gasteiger partial charge in [0.2, 0.25) is 0 Å². The average Bonchev–Trinajstić information content (AvgIpc) is 1.88. The number of nitrogens with zero attached hydrogens (tertiary/aromatic N) is 2. The van der Waals surface area contributed by atoms with Gasteiger partial charge in [0.25, 0.3) is 0 Å². The predicted octanol–water partition coefficient (Wildman–Crippen LogP) is 1.35. The summed E-state index contributed by atoms with van der Waals surface area (Å²) in [5.74, 6) is 0. The van der Waals surface area contributed by atoms with Gasteiger partial charge < -0.3 is 5.73 Å². The van der Waals surface area contributed by atoms with Gasteiger partial charge in [-0.2, -0.15) is 0 Å². The van der Waals surface area contributed by atoms with Crippen molar-refractivity contribution in [1.82, 2.24) is 9.97 Å². The van der Waals surface area contributed by atoms with Crippen LogP contribution < -0.4 is 5.73 Å². The van der Waals surface area contributed by atoms with Crippen molar-refractivity contribution in [3.8, 4) is 0 Å². The molecule has 0 radical (unpaired) electrons. The zero-order valence-corrected chi connectivity index (χ0v) is 7.35. The first-order valence-corrected chi connectivity index (χ1v) is 3.78. The van der Waals surface area contributed by atoms with Crippen molar-refractivity contribution in [2.75, 3.05) is 0 Å². The summed E-state index contributed by atoms with van der Waals surface area (Å²) in [4.78, 5) is 7.69. The minimum atomic E-state index is 0.367. The van der Waals surface area contributed by atoms with Gasteiger partial charge in [-0.3, -0.25) is 0 Å². The number of aromatic nitrogens is 2. The van der Waals surface area contributed by atoms with Crippen molar-refractivity contribution < 1.29 is 0 Å². The maximum absolute atomic E-state index is 5.67. The summed E-state index contributed by atoms with van der Waals surface area (Å²) in [5.41, 5.74) is 6.08. The summed E-state index contributed by atoms with van der Waals surface area (Å²) in [7, 11) is 0. The van der Waals surface area contributed by atoms with Gasteiger partial charge in [0, 0.05) is 18.3 Å². The molecule has 3 nitrogen and oxygen atoms in total. The molecule has 10 heavy (non-hydrogen) atoms. The molecule has 0 aliphatic heterocycles. The smallest absolute Gasteiger partial charge is 0.197 e. The second-order valence-electron chi connectivity index (χ2n) is 1.66. The van der Waals surface area contributed by atoms with Crippen LogP contribution >= 0.6 is 27.5 Å². The van der Waals surface area contributed by atoms with Gasteiger partial charge in [-0.1, -0.05) is 11.6 Å². The third-order valence-electron chi connectivity index (χ3n) is 1.00. The van der Waals surface area contributed by atoms with Crippen LogP contribution in [0.25, 0.3) is 0 Å². The molecule has 0 aliphatic rings. The fourth-order valence-electron chi connectivity index (χ4n) is 0.503. The molecule has 0 spiro atoms. The molecule has 0 aromatic carbocycles. The largest absolute Gasteiger partial charge is 0.326 e. The SMILES string of the molecule is NCc1cnc(Br)nc1Cl. The monoisotopic (exact) mass is 221 g/mol. The molecule has 54 valence electrons. The Balaban J connectivity index is 3.07.